The van der Waals surface area contributed by atoms with E-state index in [9.17, 15) is 23.1 Å². The summed E-state index contributed by atoms with van der Waals surface area (Å²) in [6.07, 6.45) is 1.07. The molecule has 12 heteroatoms. The van der Waals surface area contributed by atoms with Crippen LogP contribution in [0.25, 0.3) is 0 Å². The van der Waals surface area contributed by atoms with Crippen LogP contribution in [0.2, 0.25) is 0 Å². The number of aryl methyl sites for hydroxylation is 1. The van der Waals surface area contributed by atoms with Gasteiger partial charge in [-0.05, 0) is 42.5 Å². The molecule has 1 aliphatic rings. The van der Waals surface area contributed by atoms with E-state index in [2.05, 4.69) is 0 Å². The Balaban J connectivity index is 1.81. The normalized spacial score (nSPS) is 15.8. The second-order valence-electron chi connectivity index (χ2n) is 7.53. The van der Waals surface area contributed by atoms with Crippen molar-refractivity contribution in [2.24, 2.45) is 0 Å². The predicted molar refractivity (Wildman–Crippen MR) is 121 cm³/mol. The lowest BCUT2D eigenvalue weighted by Crippen LogP contribution is -2.16. The number of hydrogen-bond donors (Lipinski definition) is 1. The first-order chi connectivity index (χ1) is 16.2. The van der Waals surface area contributed by atoms with E-state index in [0.717, 1.165) is 42.2 Å². The molecule has 1 aliphatic heterocycles. The lowest BCUT2D eigenvalue weighted by molar-refractivity contribution is -0.385. The predicted octanol–water partition coefficient (Wildman–Crippen LogP) is 3.13. The minimum absolute atomic E-state index is 0.0272. The Morgan fingerprint density at radius 2 is 1.88 bits per heavy atom. The second-order valence-corrected chi connectivity index (χ2v) is 8.92. The lowest BCUT2D eigenvalue weighted by atomic mass is 9.97. The van der Waals surface area contributed by atoms with Crippen molar-refractivity contribution in [2.75, 3.05) is 41.2 Å². The molecular formula is C22H27NO10S. The molecule has 1 heterocycles. The Labute approximate surface area is 197 Å². The highest BCUT2D eigenvalue weighted by molar-refractivity contribution is 7.85. The highest BCUT2D eigenvalue weighted by Crippen LogP contribution is 2.46. The number of hydrogen-bond acceptors (Lipinski definition) is 9. The highest BCUT2D eigenvalue weighted by Gasteiger charge is 2.29. The van der Waals surface area contributed by atoms with Crippen LogP contribution in [0.4, 0.5) is 5.69 Å². The van der Waals surface area contributed by atoms with E-state index >= 15 is 0 Å². The summed E-state index contributed by atoms with van der Waals surface area (Å²) in [4.78, 5) is 10.0. The van der Waals surface area contributed by atoms with Crippen molar-refractivity contribution in [2.45, 2.75) is 30.3 Å². The zero-order chi connectivity index (χ0) is 24.9. The van der Waals surface area contributed by atoms with Crippen LogP contribution in [0.1, 0.15) is 29.2 Å². The maximum Gasteiger partial charge on any atom is 0.294 e. The molecule has 0 amide bonds. The molecule has 1 unspecified atom stereocenters. The summed E-state index contributed by atoms with van der Waals surface area (Å²) in [6.45, 7) is 0.651. The first kappa shape index (κ1) is 25.7. The van der Waals surface area contributed by atoms with Crippen LogP contribution in [0.3, 0.4) is 0 Å². The molecule has 2 aromatic carbocycles. The van der Waals surface area contributed by atoms with Crippen LogP contribution in [-0.2, 0) is 32.4 Å². The summed E-state index contributed by atoms with van der Waals surface area (Å²) in [7, 11) is 0.0439. The summed E-state index contributed by atoms with van der Waals surface area (Å²) in [5, 5.41) is 11.1. The zero-order valence-electron chi connectivity index (χ0n) is 19.1. The van der Waals surface area contributed by atoms with Crippen molar-refractivity contribution in [1.29, 1.82) is 0 Å². The Morgan fingerprint density at radius 3 is 2.50 bits per heavy atom. The minimum Gasteiger partial charge on any atom is -0.493 e. The smallest absolute Gasteiger partial charge is 0.294 e. The van der Waals surface area contributed by atoms with Gasteiger partial charge in [0.1, 0.15) is 6.10 Å². The number of benzene rings is 2. The van der Waals surface area contributed by atoms with E-state index in [0.29, 0.717) is 23.9 Å². The number of methoxy groups -OCH3 is 3. The Morgan fingerprint density at radius 1 is 1.15 bits per heavy atom. The second kappa shape index (κ2) is 11.0. The molecule has 186 valence electrons. The molecule has 11 nitrogen and oxygen atoms in total. The van der Waals surface area contributed by atoms with Crippen LogP contribution in [0, 0.1) is 10.1 Å². The molecule has 1 N–H and O–H groups in total. The summed E-state index contributed by atoms with van der Waals surface area (Å²) in [5.74, 6) is 1.47. The number of nitrogens with zero attached hydrogens (tertiary/aromatic N) is 1. The standard InChI is InChI=1S/C22H27NO10S/c1-29-17-12-15-5-4-9-33-18(20(15)22(31-3)21(17)30-2)13-32-10-8-14-11-16(23(24)25)6-7-19(14)34(26,27)28/h6-7,11-12,18H,4-5,8-10,13H2,1-3H3,(H,26,27,28). The lowest BCUT2D eigenvalue weighted by Gasteiger charge is -2.23. The quantitative estimate of drug-likeness (QED) is 0.225. The van der Waals surface area contributed by atoms with Gasteiger partial charge in [0, 0.05) is 24.3 Å². The average molecular weight is 498 g/mol. The van der Waals surface area contributed by atoms with E-state index in [-0.39, 0.29) is 30.9 Å². The maximum atomic E-state index is 11.7. The van der Waals surface area contributed by atoms with Crippen molar-refractivity contribution >= 4 is 15.8 Å². The van der Waals surface area contributed by atoms with Crippen LogP contribution >= 0.6 is 0 Å². The van der Waals surface area contributed by atoms with Crippen molar-refractivity contribution in [1.82, 2.24) is 0 Å². The molecule has 0 saturated carbocycles. The molecule has 0 bridgehead atoms. The van der Waals surface area contributed by atoms with Crippen molar-refractivity contribution in [3.8, 4) is 17.2 Å². The van der Waals surface area contributed by atoms with Gasteiger partial charge < -0.3 is 23.7 Å². The number of ether oxygens (including phenoxy) is 5. The Hall–Kier alpha value is -2.93. The highest BCUT2D eigenvalue weighted by atomic mass is 32.2. The number of non-ortho nitro benzene ring substituents is 1. The van der Waals surface area contributed by atoms with E-state index in [1.807, 2.05) is 6.07 Å². The van der Waals surface area contributed by atoms with Crippen molar-refractivity contribution < 1.29 is 41.6 Å². The van der Waals surface area contributed by atoms with Gasteiger partial charge in [0.2, 0.25) is 5.75 Å². The molecule has 0 fully saturated rings. The molecule has 2 aromatic rings. The fraction of sp³-hybridized carbons (Fsp3) is 0.455. The van der Waals surface area contributed by atoms with Gasteiger partial charge in [-0.15, -0.1) is 0 Å². The summed E-state index contributed by atoms with van der Waals surface area (Å²) in [5.41, 5.74) is 1.57. The van der Waals surface area contributed by atoms with Gasteiger partial charge in [-0.1, -0.05) is 0 Å². The zero-order valence-corrected chi connectivity index (χ0v) is 19.9. The topological polar surface area (TPSA) is 144 Å². The molecular weight excluding hydrogens is 470 g/mol. The number of nitro benzene ring substituents is 1. The molecule has 0 radical (unpaired) electrons. The number of fused-ring (bicyclic) bond motifs is 1. The number of rotatable bonds is 10. The number of nitro groups is 1. The van der Waals surface area contributed by atoms with Crippen LogP contribution in [-0.4, -0.2) is 59.0 Å². The van der Waals surface area contributed by atoms with Crippen molar-refractivity contribution in [3.05, 3.63) is 51.1 Å². The van der Waals surface area contributed by atoms with E-state index < -0.39 is 26.0 Å². The van der Waals surface area contributed by atoms with Gasteiger partial charge in [0.05, 0.1) is 44.4 Å². The third-order valence-electron chi connectivity index (χ3n) is 5.50. The summed E-state index contributed by atoms with van der Waals surface area (Å²) < 4.78 is 61.1. The molecule has 0 aliphatic carbocycles. The molecule has 34 heavy (non-hydrogen) atoms. The van der Waals surface area contributed by atoms with Crippen LogP contribution in [0.5, 0.6) is 17.2 Å². The summed E-state index contributed by atoms with van der Waals surface area (Å²) in [6, 6.07) is 5.04. The van der Waals surface area contributed by atoms with Gasteiger partial charge >= 0.3 is 0 Å². The van der Waals surface area contributed by atoms with E-state index in [4.69, 9.17) is 23.7 Å². The van der Waals surface area contributed by atoms with E-state index in [1.54, 1.807) is 7.11 Å². The minimum atomic E-state index is -4.55. The first-order valence-electron chi connectivity index (χ1n) is 10.5. The molecule has 0 spiro atoms. The first-order valence-corrected chi connectivity index (χ1v) is 11.9. The van der Waals surface area contributed by atoms with E-state index in [1.165, 1.54) is 14.2 Å². The van der Waals surface area contributed by atoms with Crippen LogP contribution < -0.4 is 14.2 Å². The van der Waals surface area contributed by atoms with Crippen molar-refractivity contribution in [3.63, 3.8) is 0 Å². The Bertz CT molecular complexity index is 1150. The molecule has 1 atom stereocenters. The molecule has 0 aromatic heterocycles. The fourth-order valence-electron chi connectivity index (χ4n) is 3.99. The third-order valence-corrected chi connectivity index (χ3v) is 6.46. The molecule has 0 saturated heterocycles. The van der Waals surface area contributed by atoms with Gasteiger partial charge in [-0.25, -0.2) is 0 Å². The van der Waals surface area contributed by atoms with Gasteiger partial charge in [0.15, 0.2) is 11.5 Å². The summed E-state index contributed by atoms with van der Waals surface area (Å²) >= 11 is 0. The van der Waals surface area contributed by atoms with Crippen LogP contribution in [0.15, 0.2) is 29.2 Å². The Kier molecular flexibility index (Phi) is 8.31. The molecule has 3 rings (SSSR count). The monoisotopic (exact) mass is 497 g/mol. The maximum absolute atomic E-state index is 11.7. The SMILES string of the molecule is COc1cc2c(c(OC)c1OC)C(COCCc1cc([N+](=O)[O-])ccc1S(=O)(=O)O)OCCC2. The average Bonchev–Trinajstić information content (AvgIpc) is 3.01. The van der Waals surface area contributed by atoms with Gasteiger partial charge in [0.25, 0.3) is 15.8 Å². The van der Waals surface area contributed by atoms with Gasteiger partial charge in [-0.2, -0.15) is 8.42 Å². The largest absolute Gasteiger partial charge is 0.493 e. The fourth-order valence-corrected chi connectivity index (χ4v) is 4.72. The van der Waals surface area contributed by atoms with Gasteiger partial charge in [-0.3, -0.25) is 14.7 Å². The third kappa shape index (κ3) is 5.58.